The van der Waals surface area contributed by atoms with E-state index in [4.69, 9.17) is 0 Å². The summed E-state index contributed by atoms with van der Waals surface area (Å²) < 4.78 is 1.72. The van der Waals surface area contributed by atoms with Crippen molar-refractivity contribution in [3.05, 3.63) is 27.1 Å². The summed E-state index contributed by atoms with van der Waals surface area (Å²) in [6.45, 7) is 11.0. The molecule has 0 fully saturated rings. The van der Waals surface area contributed by atoms with Crippen LogP contribution in [0.4, 0.5) is 0 Å². The van der Waals surface area contributed by atoms with Gasteiger partial charge in [0, 0.05) is 18.0 Å². The Bertz CT molecular complexity index is 657. The van der Waals surface area contributed by atoms with Crippen LogP contribution in [0.5, 0.6) is 0 Å². The average Bonchev–Trinajstić information content (AvgIpc) is 2.72. The van der Waals surface area contributed by atoms with E-state index < -0.39 is 0 Å². The van der Waals surface area contributed by atoms with E-state index in [9.17, 15) is 4.79 Å². The summed E-state index contributed by atoms with van der Waals surface area (Å²) in [5.74, 6) is 0.755. The van der Waals surface area contributed by atoms with Gasteiger partial charge in [0.15, 0.2) is 0 Å². The third-order valence-electron chi connectivity index (χ3n) is 3.82. The van der Waals surface area contributed by atoms with E-state index in [1.165, 1.54) is 17.7 Å². The maximum Gasteiger partial charge on any atom is 0.262 e. The molecule has 0 aliphatic rings. The molecule has 0 saturated heterocycles. The van der Waals surface area contributed by atoms with Gasteiger partial charge in [-0.15, -0.1) is 11.3 Å². The molecule has 0 aliphatic carbocycles. The van der Waals surface area contributed by atoms with Gasteiger partial charge >= 0.3 is 0 Å². The Balaban J connectivity index is 1.95. The highest BCUT2D eigenvalue weighted by molar-refractivity contribution is 7.18. The fourth-order valence-electron chi connectivity index (χ4n) is 2.39. The molecule has 0 radical (unpaired) electrons. The van der Waals surface area contributed by atoms with Gasteiger partial charge in [-0.25, -0.2) is 4.98 Å². The maximum atomic E-state index is 12.5. The molecule has 0 unspecified atom stereocenters. The van der Waals surface area contributed by atoms with E-state index in [1.54, 1.807) is 22.2 Å². The summed E-state index contributed by atoms with van der Waals surface area (Å²) in [7, 11) is 0. The molecule has 0 aromatic carbocycles. The molecular formula is C16H25N3OS. The van der Waals surface area contributed by atoms with Crippen LogP contribution in [0.3, 0.4) is 0 Å². The van der Waals surface area contributed by atoms with Crippen LogP contribution in [-0.4, -0.2) is 22.6 Å². The van der Waals surface area contributed by atoms with Gasteiger partial charge in [0.25, 0.3) is 5.56 Å². The third kappa shape index (κ3) is 3.92. The van der Waals surface area contributed by atoms with Crippen LogP contribution in [0, 0.1) is 19.8 Å². The van der Waals surface area contributed by atoms with Crippen molar-refractivity contribution in [2.24, 2.45) is 5.92 Å². The molecule has 2 heterocycles. The molecule has 2 rings (SSSR count). The van der Waals surface area contributed by atoms with Crippen LogP contribution in [0.1, 0.15) is 37.1 Å². The second-order valence-electron chi connectivity index (χ2n) is 5.99. The number of aryl methyl sites for hydroxylation is 2. The van der Waals surface area contributed by atoms with Gasteiger partial charge in [0.2, 0.25) is 0 Å². The number of aromatic nitrogens is 2. The zero-order valence-electron chi connectivity index (χ0n) is 13.4. The average molecular weight is 307 g/mol. The molecule has 0 atom stereocenters. The van der Waals surface area contributed by atoms with Crippen molar-refractivity contribution in [2.45, 2.75) is 47.1 Å². The lowest BCUT2D eigenvalue weighted by atomic mass is 10.1. The molecule has 0 aliphatic heterocycles. The Morgan fingerprint density at radius 2 is 2.10 bits per heavy atom. The monoisotopic (exact) mass is 307 g/mol. The molecular weight excluding hydrogens is 282 g/mol. The quantitative estimate of drug-likeness (QED) is 0.800. The maximum absolute atomic E-state index is 12.5. The Morgan fingerprint density at radius 3 is 2.81 bits per heavy atom. The topological polar surface area (TPSA) is 46.9 Å². The molecule has 1 N–H and O–H groups in total. The molecule has 116 valence electrons. The summed E-state index contributed by atoms with van der Waals surface area (Å²) in [6, 6.07) is 0. The first-order valence-corrected chi connectivity index (χ1v) is 8.48. The van der Waals surface area contributed by atoms with Gasteiger partial charge in [-0.05, 0) is 44.7 Å². The zero-order valence-corrected chi connectivity index (χ0v) is 14.2. The van der Waals surface area contributed by atoms with E-state index in [0.717, 1.165) is 34.8 Å². The summed E-state index contributed by atoms with van der Waals surface area (Å²) >= 11 is 1.60. The predicted molar refractivity (Wildman–Crippen MR) is 90.3 cm³/mol. The van der Waals surface area contributed by atoms with Crippen molar-refractivity contribution in [2.75, 3.05) is 13.1 Å². The highest BCUT2D eigenvalue weighted by atomic mass is 32.1. The first kappa shape index (κ1) is 16.2. The first-order valence-electron chi connectivity index (χ1n) is 7.66. The minimum absolute atomic E-state index is 0.0887. The standard InChI is InChI=1S/C16H25N3OS/c1-11(2)6-5-7-17-8-9-19-10-18-15-14(16(19)20)12(3)13(4)21-15/h10-11,17H,5-9H2,1-4H3. The van der Waals surface area contributed by atoms with Crippen molar-refractivity contribution in [1.29, 1.82) is 0 Å². The summed E-state index contributed by atoms with van der Waals surface area (Å²) in [5.41, 5.74) is 1.16. The van der Waals surface area contributed by atoms with Crippen molar-refractivity contribution in [3.63, 3.8) is 0 Å². The Hall–Kier alpha value is -1.20. The van der Waals surface area contributed by atoms with E-state index >= 15 is 0 Å². The fourth-order valence-corrected chi connectivity index (χ4v) is 3.38. The van der Waals surface area contributed by atoms with E-state index in [-0.39, 0.29) is 5.56 Å². The summed E-state index contributed by atoms with van der Waals surface area (Å²) in [6.07, 6.45) is 4.11. The normalized spacial score (nSPS) is 11.7. The van der Waals surface area contributed by atoms with Crippen LogP contribution in [-0.2, 0) is 6.54 Å². The predicted octanol–water partition coefficient (Wildman–Crippen LogP) is 3.10. The molecule has 0 amide bonds. The number of thiophene rings is 1. The molecule has 4 nitrogen and oxygen atoms in total. The Morgan fingerprint density at radius 1 is 1.33 bits per heavy atom. The number of rotatable bonds is 7. The molecule has 2 aromatic heterocycles. The molecule has 2 aromatic rings. The number of nitrogens with one attached hydrogen (secondary N) is 1. The minimum atomic E-state index is 0.0887. The van der Waals surface area contributed by atoms with E-state index in [2.05, 4.69) is 24.1 Å². The number of nitrogens with zero attached hydrogens (tertiary/aromatic N) is 2. The minimum Gasteiger partial charge on any atom is -0.315 e. The van der Waals surface area contributed by atoms with Crippen LogP contribution >= 0.6 is 11.3 Å². The van der Waals surface area contributed by atoms with E-state index in [0.29, 0.717) is 6.54 Å². The first-order chi connectivity index (χ1) is 10.0. The number of hydrogen-bond donors (Lipinski definition) is 1. The highest BCUT2D eigenvalue weighted by Gasteiger charge is 2.11. The molecule has 5 heteroatoms. The van der Waals surface area contributed by atoms with Gasteiger partial charge in [-0.3, -0.25) is 9.36 Å². The fraction of sp³-hybridized carbons (Fsp3) is 0.625. The second kappa shape index (κ2) is 7.18. The van der Waals surface area contributed by atoms with Gasteiger partial charge in [0.1, 0.15) is 4.83 Å². The van der Waals surface area contributed by atoms with Gasteiger partial charge in [-0.2, -0.15) is 0 Å². The van der Waals surface area contributed by atoms with Gasteiger partial charge in [0.05, 0.1) is 11.7 Å². The molecule has 0 spiro atoms. The summed E-state index contributed by atoms with van der Waals surface area (Å²) in [5, 5.41) is 4.19. The highest BCUT2D eigenvalue weighted by Crippen LogP contribution is 2.25. The lowest BCUT2D eigenvalue weighted by Crippen LogP contribution is -2.27. The van der Waals surface area contributed by atoms with Crippen molar-refractivity contribution in [1.82, 2.24) is 14.9 Å². The lowest BCUT2D eigenvalue weighted by molar-refractivity contribution is 0.512. The van der Waals surface area contributed by atoms with Gasteiger partial charge in [-0.1, -0.05) is 13.8 Å². The smallest absolute Gasteiger partial charge is 0.262 e. The summed E-state index contributed by atoms with van der Waals surface area (Å²) in [4.78, 5) is 18.9. The number of hydrogen-bond acceptors (Lipinski definition) is 4. The molecule has 0 bridgehead atoms. The Kier molecular flexibility index (Phi) is 5.53. The second-order valence-corrected chi connectivity index (χ2v) is 7.20. The van der Waals surface area contributed by atoms with Crippen LogP contribution in [0.15, 0.2) is 11.1 Å². The van der Waals surface area contributed by atoms with Crippen molar-refractivity contribution in [3.8, 4) is 0 Å². The van der Waals surface area contributed by atoms with Crippen molar-refractivity contribution < 1.29 is 0 Å². The van der Waals surface area contributed by atoms with Gasteiger partial charge < -0.3 is 5.32 Å². The SMILES string of the molecule is Cc1sc2ncn(CCNCCCC(C)C)c(=O)c2c1C. The van der Waals surface area contributed by atoms with E-state index in [1.807, 2.05) is 13.8 Å². The van der Waals surface area contributed by atoms with Crippen LogP contribution < -0.4 is 10.9 Å². The largest absolute Gasteiger partial charge is 0.315 e. The number of fused-ring (bicyclic) bond motifs is 1. The molecule has 21 heavy (non-hydrogen) atoms. The Labute approximate surface area is 130 Å². The van der Waals surface area contributed by atoms with Crippen LogP contribution in [0.25, 0.3) is 10.2 Å². The lowest BCUT2D eigenvalue weighted by Gasteiger charge is -2.08. The molecule has 0 saturated carbocycles. The zero-order chi connectivity index (χ0) is 15.4. The van der Waals surface area contributed by atoms with Crippen LogP contribution in [0.2, 0.25) is 0 Å². The third-order valence-corrected chi connectivity index (χ3v) is 4.94. The van der Waals surface area contributed by atoms with Crippen molar-refractivity contribution >= 4 is 21.6 Å².